The van der Waals surface area contributed by atoms with Crippen LogP contribution >= 0.6 is 0 Å². The maximum atomic E-state index is 13.8. The van der Waals surface area contributed by atoms with Gasteiger partial charge >= 0.3 is 0 Å². The van der Waals surface area contributed by atoms with Gasteiger partial charge in [-0.15, -0.1) is 0 Å². The number of carbonyl (C=O) groups excluding carboxylic acids is 2. The van der Waals surface area contributed by atoms with E-state index in [0.29, 0.717) is 42.9 Å². The molecule has 0 spiro atoms. The number of halogens is 1. The maximum Gasteiger partial charge on any atom is 0.166 e. The molecule has 0 unspecified atom stereocenters. The van der Waals surface area contributed by atoms with E-state index in [1.165, 1.54) is 0 Å². The number of rotatable bonds is 7. The number of hydrogen-bond acceptors (Lipinski definition) is 4. The molecule has 146 valence electrons. The molecule has 4 nitrogen and oxygen atoms in total. The fourth-order valence-electron chi connectivity index (χ4n) is 3.95. The monoisotopic (exact) mass is 382 g/mol. The predicted octanol–water partition coefficient (Wildman–Crippen LogP) is 4.36. The average Bonchev–Trinajstić information content (AvgIpc) is 3.08. The van der Waals surface area contributed by atoms with Crippen LogP contribution in [0.5, 0.6) is 5.75 Å². The third-order valence-electron chi connectivity index (χ3n) is 5.53. The Morgan fingerprint density at radius 3 is 2.46 bits per heavy atom. The van der Waals surface area contributed by atoms with Crippen molar-refractivity contribution in [1.29, 1.82) is 0 Å². The number of carbonyl (C=O) groups is 2. The largest absolute Gasteiger partial charge is 0.486 e. The summed E-state index contributed by atoms with van der Waals surface area (Å²) in [6.45, 7) is 2.29. The summed E-state index contributed by atoms with van der Waals surface area (Å²) < 4.78 is 24.9. The molecule has 2 atom stereocenters. The molecule has 0 bridgehead atoms. The highest BCUT2D eigenvalue weighted by molar-refractivity contribution is 6.04. The molecule has 2 aliphatic rings. The SMILES string of the molecule is CCC(=O)c1cc(C(=O)CC2COC2)cc2c1O[C@H](CF)[C@H]2c1ccccc1. The summed E-state index contributed by atoms with van der Waals surface area (Å²) in [5.41, 5.74) is 2.51. The first kappa shape index (κ1) is 18.8. The summed E-state index contributed by atoms with van der Waals surface area (Å²) in [4.78, 5) is 25.4. The van der Waals surface area contributed by atoms with Crippen LogP contribution in [-0.4, -0.2) is 37.6 Å². The van der Waals surface area contributed by atoms with Crippen molar-refractivity contribution in [2.75, 3.05) is 19.9 Å². The second-order valence-corrected chi connectivity index (χ2v) is 7.45. The van der Waals surface area contributed by atoms with Gasteiger partial charge < -0.3 is 9.47 Å². The second-order valence-electron chi connectivity index (χ2n) is 7.45. The molecule has 5 heteroatoms. The molecule has 0 saturated carbocycles. The topological polar surface area (TPSA) is 52.6 Å². The number of ketones is 2. The van der Waals surface area contributed by atoms with Gasteiger partial charge in [-0.3, -0.25) is 9.59 Å². The van der Waals surface area contributed by atoms with Gasteiger partial charge in [-0.05, 0) is 17.7 Å². The van der Waals surface area contributed by atoms with Gasteiger partial charge in [0.25, 0.3) is 0 Å². The van der Waals surface area contributed by atoms with Crippen LogP contribution in [-0.2, 0) is 4.74 Å². The average molecular weight is 382 g/mol. The Morgan fingerprint density at radius 1 is 1.11 bits per heavy atom. The van der Waals surface area contributed by atoms with Crippen LogP contribution < -0.4 is 4.74 Å². The lowest BCUT2D eigenvalue weighted by atomic mass is 9.85. The molecule has 2 heterocycles. The van der Waals surface area contributed by atoms with Crippen molar-refractivity contribution in [3.63, 3.8) is 0 Å². The zero-order valence-corrected chi connectivity index (χ0v) is 15.8. The van der Waals surface area contributed by atoms with E-state index in [2.05, 4.69) is 0 Å². The number of benzene rings is 2. The van der Waals surface area contributed by atoms with Crippen LogP contribution in [0.3, 0.4) is 0 Å². The molecular formula is C23H23FO4. The second kappa shape index (κ2) is 7.84. The van der Waals surface area contributed by atoms with Gasteiger partial charge in [0.1, 0.15) is 18.5 Å². The number of hydrogen-bond donors (Lipinski definition) is 0. The molecule has 0 amide bonds. The highest BCUT2D eigenvalue weighted by Gasteiger charge is 2.39. The Bertz CT molecular complexity index is 889. The van der Waals surface area contributed by atoms with Crippen LogP contribution in [0.15, 0.2) is 42.5 Å². The summed E-state index contributed by atoms with van der Waals surface area (Å²) >= 11 is 0. The number of alkyl halides is 1. The summed E-state index contributed by atoms with van der Waals surface area (Å²) in [7, 11) is 0. The van der Waals surface area contributed by atoms with Crippen molar-refractivity contribution < 1.29 is 23.5 Å². The maximum absolute atomic E-state index is 13.8. The van der Waals surface area contributed by atoms with Gasteiger partial charge in [-0.2, -0.15) is 0 Å². The van der Waals surface area contributed by atoms with Crippen LogP contribution in [0, 0.1) is 5.92 Å². The minimum absolute atomic E-state index is 0.0169. The van der Waals surface area contributed by atoms with Crippen molar-refractivity contribution in [2.45, 2.75) is 31.8 Å². The van der Waals surface area contributed by atoms with E-state index in [1.807, 2.05) is 30.3 Å². The van der Waals surface area contributed by atoms with Gasteiger partial charge in [0.15, 0.2) is 11.6 Å². The van der Waals surface area contributed by atoms with E-state index in [-0.39, 0.29) is 23.4 Å². The van der Waals surface area contributed by atoms with Gasteiger partial charge in [0, 0.05) is 29.9 Å². The zero-order chi connectivity index (χ0) is 19.7. The number of fused-ring (bicyclic) bond motifs is 1. The van der Waals surface area contributed by atoms with Crippen LogP contribution in [0.4, 0.5) is 4.39 Å². The van der Waals surface area contributed by atoms with Crippen molar-refractivity contribution in [3.8, 4) is 5.75 Å². The molecule has 0 N–H and O–H groups in total. The smallest absolute Gasteiger partial charge is 0.166 e. The standard InChI is InChI=1S/C23H23FO4/c1-2-19(25)17-9-16(20(26)8-14-12-27-13-14)10-18-22(15-6-4-3-5-7-15)21(11-24)28-23(17)18/h3-7,9-10,14,21-22H,2,8,11-13H2,1H3/t21-,22+/m1/s1. The van der Waals surface area contributed by atoms with Crippen LogP contribution in [0.25, 0.3) is 0 Å². The molecule has 0 aromatic heterocycles. The van der Waals surface area contributed by atoms with E-state index in [4.69, 9.17) is 9.47 Å². The molecule has 2 aliphatic heterocycles. The summed E-state index contributed by atoms with van der Waals surface area (Å²) in [5, 5.41) is 0. The number of Topliss-reactive ketones (excluding diaryl/α,β-unsaturated/α-hetero) is 2. The molecule has 0 aliphatic carbocycles. The van der Waals surface area contributed by atoms with Gasteiger partial charge in [-0.25, -0.2) is 4.39 Å². The lowest BCUT2D eigenvalue weighted by Gasteiger charge is -2.25. The Labute approximate surface area is 163 Å². The lowest BCUT2D eigenvalue weighted by molar-refractivity contribution is -0.0321. The lowest BCUT2D eigenvalue weighted by Crippen LogP contribution is -2.29. The summed E-state index contributed by atoms with van der Waals surface area (Å²) in [6, 6.07) is 12.9. The third kappa shape index (κ3) is 3.35. The minimum Gasteiger partial charge on any atom is -0.486 e. The first-order chi connectivity index (χ1) is 13.6. The molecule has 0 radical (unpaired) electrons. The highest BCUT2D eigenvalue weighted by Crippen LogP contribution is 2.45. The van der Waals surface area contributed by atoms with Gasteiger partial charge in [0.2, 0.25) is 0 Å². The van der Waals surface area contributed by atoms with Crippen molar-refractivity contribution >= 4 is 11.6 Å². The normalized spacial score (nSPS) is 20.9. The molecule has 2 aromatic carbocycles. The van der Waals surface area contributed by atoms with E-state index >= 15 is 0 Å². The van der Waals surface area contributed by atoms with E-state index < -0.39 is 12.8 Å². The third-order valence-corrected chi connectivity index (χ3v) is 5.53. The molecular weight excluding hydrogens is 359 g/mol. The first-order valence-corrected chi connectivity index (χ1v) is 9.72. The minimum atomic E-state index is -0.703. The molecule has 1 fully saturated rings. The molecule has 2 aromatic rings. The Hall–Kier alpha value is -2.53. The molecule has 28 heavy (non-hydrogen) atoms. The van der Waals surface area contributed by atoms with Gasteiger partial charge in [0.05, 0.1) is 24.7 Å². The molecule has 4 rings (SSSR count). The van der Waals surface area contributed by atoms with Crippen LogP contribution in [0.2, 0.25) is 0 Å². The van der Waals surface area contributed by atoms with E-state index in [9.17, 15) is 14.0 Å². The van der Waals surface area contributed by atoms with Crippen molar-refractivity contribution in [2.24, 2.45) is 5.92 Å². The Morgan fingerprint density at radius 2 is 1.86 bits per heavy atom. The number of ether oxygens (including phenoxy) is 2. The summed E-state index contributed by atoms with van der Waals surface area (Å²) in [6.07, 6.45) is -0.0199. The predicted molar refractivity (Wildman–Crippen MR) is 103 cm³/mol. The molecule has 1 saturated heterocycles. The first-order valence-electron chi connectivity index (χ1n) is 9.72. The highest BCUT2D eigenvalue weighted by atomic mass is 19.1. The zero-order valence-electron chi connectivity index (χ0n) is 15.8. The van der Waals surface area contributed by atoms with Crippen molar-refractivity contribution in [1.82, 2.24) is 0 Å². The fourth-order valence-corrected chi connectivity index (χ4v) is 3.95. The van der Waals surface area contributed by atoms with Gasteiger partial charge in [-0.1, -0.05) is 37.3 Å². The summed E-state index contributed by atoms with van der Waals surface area (Å²) in [5.74, 6) is 0.183. The quantitative estimate of drug-likeness (QED) is 0.668. The Balaban J connectivity index is 1.80. The van der Waals surface area contributed by atoms with Crippen molar-refractivity contribution in [3.05, 3.63) is 64.7 Å². The van der Waals surface area contributed by atoms with E-state index in [0.717, 1.165) is 11.1 Å². The Kier molecular flexibility index (Phi) is 5.27. The fraction of sp³-hybridized carbons (Fsp3) is 0.391. The van der Waals surface area contributed by atoms with Crippen LogP contribution in [0.1, 0.15) is 57.5 Å². The van der Waals surface area contributed by atoms with E-state index in [1.54, 1.807) is 19.1 Å².